The van der Waals surface area contributed by atoms with E-state index in [-0.39, 0.29) is 16.5 Å². The molecule has 2 rings (SSSR count). The zero-order valence-electron chi connectivity index (χ0n) is 21.7. The Morgan fingerprint density at radius 1 is 0.515 bits per heavy atom. The first-order chi connectivity index (χ1) is 15.6. The second-order valence-corrected chi connectivity index (χ2v) is 8.75. The fourth-order valence-corrected chi connectivity index (χ4v) is 3.96. The molecule has 33 heavy (non-hydrogen) atoms. The Morgan fingerprint density at radius 2 is 0.818 bits per heavy atom. The summed E-state index contributed by atoms with van der Waals surface area (Å²) in [5.41, 5.74) is 10.0. The first kappa shape index (κ1) is 29.3. The zero-order chi connectivity index (χ0) is 23.3. The number of hydrogen-bond donors (Lipinski definition) is 0. The van der Waals surface area contributed by atoms with Gasteiger partial charge in [0, 0.05) is 16.5 Å². The van der Waals surface area contributed by atoms with E-state index in [1.165, 1.54) is 46.5 Å². The fourth-order valence-electron chi connectivity index (χ4n) is 3.96. The van der Waals surface area contributed by atoms with Crippen LogP contribution in [0.5, 0.6) is 0 Å². The SMILES string of the molecule is CCCCC(=Nc1cc(CC)cc(CC)c1)C(CCCC)=Nc1cc(CC)cc(CC)c1.[Ni]. The van der Waals surface area contributed by atoms with Crippen LogP contribution in [0.4, 0.5) is 11.4 Å². The van der Waals surface area contributed by atoms with Gasteiger partial charge in [-0.2, -0.15) is 0 Å². The number of nitrogens with zero attached hydrogens (tertiary/aromatic N) is 2. The first-order valence-electron chi connectivity index (χ1n) is 13.0. The molecule has 2 nitrogen and oxygen atoms in total. The molecule has 0 spiro atoms. The molecule has 0 amide bonds. The summed E-state index contributed by atoms with van der Waals surface area (Å²) < 4.78 is 0. The summed E-state index contributed by atoms with van der Waals surface area (Å²) in [4.78, 5) is 10.5. The third-order valence-electron chi connectivity index (χ3n) is 6.10. The van der Waals surface area contributed by atoms with E-state index in [9.17, 15) is 0 Å². The molecule has 0 bridgehead atoms. The van der Waals surface area contributed by atoms with Crippen LogP contribution in [0.3, 0.4) is 0 Å². The second kappa shape index (κ2) is 16.0. The molecule has 0 fully saturated rings. The summed E-state index contributed by atoms with van der Waals surface area (Å²) in [6, 6.07) is 13.7. The zero-order valence-corrected chi connectivity index (χ0v) is 22.7. The van der Waals surface area contributed by atoms with Crippen molar-refractivity contribution in [3.05, 3.63) is 58.7 Å². The predicted molar refractivity (Wildman–Crippen MR) is 144 cm³/mol. The summed E-state index contributed by atoms with van der Waals surface area (Å²) >= 11 is 0. The summed E-state index contributed by atoms with van der Waals surface area (Å²) in [7, 11) is 0. The van der Waals surface area contributed by atoms with Gasteiger partial charge >= 0.3 is 0 Å². The Balaban J connectivity index is 0.00000544. The molecule has 0 heterocycles. The minimum absolute atomic E-state index is 0. The Hall–Kier alpha value is -1.73. The maximum Gasteiger partial charge on any atom is 0.0639 e. The Morgan fingerprint density at radius 3 is 1.06 bits per heavy atom. The minimum atomic E-state index is 0. The maximum absolute atomic E-state index is 5.23. The number of hydrogen-bond acceptors (Lipinski definition) is 2. The van der Waals surface area contributed by atoms with Gasteiger partial charge in [-0.3, -0.25) is 9.98 Å². The standard InChI is InChI=1S/C30H44N2.Ni/c1-7-13-15-29(31-27-19-23(9-3)17-24(10-4)20-27)30(16-14-8-2)32-28-21-25(11-5)18-26(12-6)22-28;/h17-22H,7-16H2,1-6H3;. The van der Waals surface area contributed by atoms with Gasteiger partial charge in [-0.1, -0.05) is 66.5 Å². The van der Waals surface area contributed by atoms with Gasteiger partial charge in [-0.05, 0) is 97.9 Å². The molecule has 0 aliphatic rings. The fraction of sp³-hybridized carbons (Fsp3) is 0.533. The molecule has 0 aromatic heterocycles. The largest absolute Gasteiger partial charge is 0.252 e. The Kier molecular flexibility index (Phi) is 14.2. The van der Waals surface area contributed by atoms with Crippen molar-refractivity contribution in [1.29, 1.82) is 0 Å². The number of aliphatic imine (C=N–C) groups is 2. The Bertz CT molecular complexity index is 792. The van der Waals surface area contributed by atoms with E-state index in [1.54, 1.807) is 0 Å². The molecule has 0 aliphatic carbocycles. The van der Waals surface area contributed by atoms with Crippen LogP contribution < -0.4 is 0 Å². The quantitative estimate of drug-likeness (QED) is 0.197. The van der Waals surface area contributed by atoms with Crippen molar-refractivity contribution >= 4 is 22.8 Å². The molecule has 2 aromatic carbocycles. The third kappa shape index (κ3) is 9.58. The van der Waals surface area contributed by atoms with Crippen LogP contribution in [0, 0.1) is 0 Å². The van der Waals surface area contributed by atoms with Crippen molar-refractivity contribution in [3.63, 3.8) is 0 Å². The molecule has 2 aromatic rings. The maximum atomic E-state index is 5.23. The van der Waals surface area contributed by atoms with Crippen LogP contribution in [-0.2, 0) is 42.2 Å². The monoisotopic (exact) mass is 490 g/mol. The summed E-state index contributed by atoms with van der Waals surface area (Å²) in [6.07, 6.45) is 10.8. The van der Waals surface area contributed by atoms with Gasteiger partial charge in [-0.25, -0.2) is 0 Å². The number of rotatable bonds is 13. The first-order valence-corrected chi connectivity index (χ1v) is 13.0. The van der Waals surface area contributed by atoms with Crippen LogP contribution >= 0.6 is 0 Å². The molecule has 0 unspecified atom stereocenters. The molecule has 3 heteroatoms. The number of aryl methyl sites for hydroxylation is 4. The van der Waals surface area contributed by atoms with Gasteiger partial charge < -0.3 is 0 Å². The normalized spacial score (nSPS) is 12.1. The molecule has 0 saturated heterocycles. The average molecular weight is 491 g/mol. The van der Waals surface area contributed by atoms with E-state index < -0.39 is 0 Å². The molecule has 184 valence electrons. The van der Waals surface area contributed by atoms with Gasteiger partial charge in [0.05, 0.1) is 22.8 Å². The van der Waals surface area contributed by atoms with Crippen molar-refractivity contribution < 1.29 is 16.5 Å². The molecule has 0 aliphatic heterocycles. The van der Waals surface area contributed by atoms with Gasteiger partial charge in [0.2, 0.25) is 0 Å². The van der Waals surface area contributed by atoms with Gasteiger partial charge in [-0.15, -0.1) is 0 Å². The Labute approximate surface area is 213 Å². The van der Waals surface area contributed by atoms with E-state index in [2.05, 4.69) is 77.9 Å². The van der Waals surface area contributed by atoms with Crippen molar-refractivity contribution in [3.8, 4) is 0 Å². The number of unbranched alkanes of at least 4 members (excludes halogenated alkanes) is 2. The molecular weight excluding hydrogens is 447 g/mol. The molecule has 0 atom stereocenters. The predicted octanol–water partition coefficient (Wildman–Crippen LogP) is 9.16. The van der Waals surface area contributed by atoms with E-state index in [4.69, 9.17) is 9.98 Å². The van der Waals surface area contributed by atoms with Crippen LogP contribution in [0.2, 0.25) is 0 Å². The van der Waals surface area contributed by atoms with Gasteiger partial charge in [0.25, 0.3) is 0 Å². The van der Waals surface area contributed by atoms with Crippen molar-refractivity contribution in [1.82, 2.24) is 0 Å². The van der Waals surface area contributed by atoms with E-state index in [0.29, 0.717) is 0 Å². The van der Waals surface area contributed by atoms with Crippen LogP contribution in [0.25, 0.3) is 0 Å². The topological polar surface area (TPSA) is 24.7 Å². The van der Waals surface area contributed by atoms with Crippen LogP contribution in [0.1, 0.15) is 102 Å². The van der Waals surface area contributed by atoms with E-state index >= 15 is 0 Å². The van der Waals surface area contributed by atoms with Crippen LogP contribution in [0.15, 0.2) is 46.4 Å². The smallest absolute Gasteiger partial charge is 0.0639 e. The van der Waals surface area contributed by atoms with Gasteiger partial charge in [0.15, 0.2) is 0 Å². The van der Waals surface area contributed by atoms with Crippen molar-refractivity contribution in [2.45, 2.75) is 106 Å². The molecule has 0 saturated carbocycles. The summed E-state index contributed by atoms with van der Waals surface area (Å²) in [5, 5.41) is 0. The second-order valence-electron chi connectivity index (χ2n) is 8.75. The average Bonchev–Trinajstić information content (AvgIpc) is 2.83. The molecule has 0 radical (unpaired) electrons. The van der Waals surface area contributed by atoms with E-state index in [1.807, 2.05) is 0 Å². The van der Waals surface area contributed by atoms with Gasteiger partial charge in [0.1, 0.15) is 0 Å². The minimum Gasteiger partial charge on any atom is -0.252 e. The summed E-state index contributed by atoms with van der Waals surface area (Å²) in [5.74, 6) is 0. The van der Waals surface area contributed by atoms with Crippen molar-refractivity contribution in [2.75, 3.05) is 0 Å². The van der Waals surface area contributed by atoms with E-state index in [0.717, 1.165) is 62.7 Å². The number of benzene rings is 2. The van der Waals surface area contributed by atoms with Crippen LogP contribution in [-0.4, -0.2) is 11.4 Å². The third-order valence-corrected chi connectivity index (χ3v) is 6.10. The summed E-state index contributed by atoms with van der Waals surface area (Å²) in [6.45, 7) is 13.4. The molecule has 0 N–H and O–H groups in total. The van der Waals surface area contributed by atoms with Crippen molar-refractivity contribution in [2.24, 2.45) is 9.98 Å². The molecular formula is C30H44N2Ni.